The molecule has 0 aliphatic carbocycles. The number of amides is 2. The molecule has 1 heterocycles. The molecule has 6 nitrogen and oxygen atoms in total. The first-order chi connectivity index (χ1) is 14.0. The van der Waals surface area contributed by atoms with Gasteiger partial charge in [0.25, 0.3) is 0 Å². The van der Waals surface area contributed by atoms with Gasteiger partial charge in [-0.25, -0.2) is 9.38 Å². The third-order valence-electron chi connectivity index (χ3n) is 4.21. The van der Waals surface area contributed by atoms with Crippen molar-refractivity contribution in [2.24, 2.45) is 4.99 Å². The van der Waals surface area contributed by atoms with Crippen LogP contribution in [0.3, 0.4) is 0 Å². The Kier molecular flexibility index (Phi) is 6.87. The lowest BCUT2D eigenvalue weighted by atomic mass is 10.2. The summed E-state index contributed by atoms with van der Waals surface area (Å²) >= 11 is 1.20. The zero-order chi connectivity index (χ0) is 20.8. The zero-order valence-corrected chi connectivity index (χ0v) is 17.0. The van der Waals surface area contributed by atoms with Crippen LogP contribution in [0.2, 0.25) is 0 Å². The van der Waals surface area contributed by atoms with Crippen molar-refractivity contribution in [2.75, 3.05) is 18.5 Å². The lowest BCUT2D eigenvalue weighted by Gasteiger charge is -2.30. The van der Waals surface area contributed by atoms with Crippen molar-refractivity contribution in [3.8, 4) is 5.75 Å². The molecule has 1 atom stereocenters. The van der Waals surface area contributed by atoms with E-state index >= 15 is 0 Å². The van der Waals surface area contributed by atoms with Crippen molar-refractivity contribution in [3.05, 3.63) is 54.3 Å². The molecule has 1 fully saturated rings. The van der Waals surface area contributed by atoms with Crippen molar-refractivity contribution in [2.45, 2.75) is 25.5 Å². The van der Waals surface area contributed by atoms with Crippen LogP contribution in [0.15, 0.2) is 53.5 Å². The summed E-state index contributed by atoms with van der Waals surface area (Å²) < 4.78 is 18.9. The summed E-state index contributed by atoms with van der Waals surface area (Å²) in [5.74, 6) is -0.161. The van der Waals surface area contributed by atoms with Crippen LogP contribution in [0.25, 0.3) is 0 Å². The van der Waals surface area contributed by atoms with Crippen LogP contribution in [-0.2, 0) is 9.59 Å². The fourth-order valence-corrected chi connectivity index (χ4v) is 4.00. The van der Waals surface area contributed by atoms with E-state index in [9.17, 15) is 14.0 Å². The van der Waals surface area contributed by atoms with Gasteiger partial charge in [0.1, 0.15) is 16.8 Å². The van der Waals surface area contributed by atoms with E-state index in [1.165, 1.54) is 28.8 Å². The molecule has 29 heavy (non-hydrogen) atoms. The topological polar surface area (TPSA) is 71.0 Å². The summed E-state index contributed by atoms with van der Waals surface area (Å²) in [6, 6.07) is 12.9. The first-order valence-electron chi connectivity index (χ1n) is 9.35. The van der Waals surface area contributed by atoms with E-state index in [1.807, 2.05) is 13.8 Å². The van der Waals surface area contributed by atoms with Gasteiger partial charge in [-0.15, -0.1) is 0 Å². The number of amidine groups is 1. The first kappa shape index (κ1) is 20.9. The summed E-state index contributed by atoms with van der Waals surface area (Å²) in [5, 5.41) is 2.60. The highest BCUT2D eigenvalue weighted by Gasteiger charge is 2.35. The number of aliphatic imine (C=N–C) groups is 1. The molecule has 0 bridgehead atoms. The highest BCUT2D eigenvalue weighted by atomic mass is 32.2. The van der Waals surface area contributed by atoms with Gasteiger partial charge in [0.15, 0.2) is 5.17 Å². The van der Waals surface area contributed by atoms with Gasteiger partial charge in [0.2, 0.25) is 11.8 Å². The number of anilines is 1. The van der Waals surface area contributed by atoms with Gasteiger partial charge in [0, 0.05) is 18.7 Å². The van der Waals surface area contributed by atoms with Gasteiger partial charge < -0.3 is 10.1 Å². The van der Waals surface area contributed by atoms with E-state index in [4.69, 9.17) is 4.74 Å². The molecular weight excluding hydrogens is 393 g/mol. The molecule has 0 unspecified atom stereocenters. The average molecular weight is 415 g/mol. The van der Waals surface area contributed by atoms with Crippen LogP contribution in [0.1, 0.15) is 20.3 Å². The second-order valence-corrected chi connectivity index (χ2v) is 7.44. The maximum Gasteiger partial charge on any atom is 0.238 e. The Morgan fingerprint density at radius 3 is 2.69 bits per heavy atom. The van der Waals surface area contributed by atoms with Gasteiger partial charge in [-0.05, 0) is 56.3 Å². The largest absolute Gasteiger partial charge is 0.494 e. The Hall–Kier alpha value is -2.87. The Balaban J connectivity index is 1.75. The molecule has 2 aromatic rings. The smallest absolute Gasteiger partial charge is 0.238 e. The SMILES string of the molecule is CCOc1ccc(NC(=O)[C@H]2CC(=O)N(CC)C(=Nc3cccc(F)c3)S2)cc1. The number of hydrogen-bond donors (Lipinski definition) is 1. The molecule has 0 aromatic heterocycles. The lowest BCUT2D eigenvalue weighted by molar-refractivity contribution is -0.129. The van der Waals surface area contributed by atoms with Crippen LogP contribution in [0.5, 0.6) is 5.75 Å². The van der Waals surface area contributed by atoms with E-state index < -0.39 is 11.1 Å². The summed E-state index contributed by atoms with van der Waals surface area (Å²) in [4.78, 5) is 31.2. The van der Waals surface area contributed by atoms with Crippen LogP contribution < -0.4 is 10.1 Å². The molecule has 152 valence electrons. The number of nitrogens with one attached hydrogen (secondary N) is 1. The number of rotatable bonds is 6. The molecule has 8 heteroatoms. The Bertz CT molecular complexity index is 918. The van der Waals surface area contributed by atoms with Crippen molar-refractivity contribution < 1.29 is 18.7 Å². The second-order valence-electron chi connectivity index (χ2n) is 6.27. The summed E-state index contributed by atoms with van der Waals surface area (Å²) in [7, 11) is 0. The maximum absolute atomic E-state index is 13.5. The minimum atomic E-state index is -0.621. The third-order valence-corrected chi connectivity index (χ3v) is 5.40. The molecule has 1 N–H and O–H groups in total. The second kappa shape index (κ2) is 9.56. The molecule has 3 rings (SSSR count). The fourth-order valence-electron chi connectivity index (χ4n) is 2.83. The number of carbonyl (C=O) groups is 2. The molecule has 1 aliphatic rings. The van der Waals surface area contributed by atoms with Gasteiger partial charge in [-0.3, -0.25) is 14.5 Å². The fraction of sp³-hybridized carbons (Fsp3) is 0.286. The van der Waals surface area contributed by atoms with Crippen molar-refractivity contribution in [1.29, 1.82) is 0 Å². The van der Waals surface area contributed by atoms with Crippen LogP contribution >= 0.6 is 11.8 Å². The quantitative estimate of drug-likeness (QED) is 0.767. The third kappa shape index (κ3) is 5.35. The number of thioether (sulfide) groups is 1. The minimum Gasteiger partial charge on any atom is -0.494 e. The van der Waals surface area contributed by atoms with Gasteiger partial charge in [-0.1, -0.05) is 17.8 Å². The Morgan fingerprint density at radius 1 is 1.28 bits per heavy atom. The van der Waals surface area contributed by atoms with Crippen molar-refractivity contribution in [1.82, 2.24) is 4.90 Å². The van der Waals surface area contributed by atoms with Gasteiger partial charge in [0.05, 0.1) is 12.3 Å². The molecule has 0 radical (unpaired) electrons. The van der Waals surface area contributed by atoms with Crippen LogP contribution in [-0.4, -0.2) is 40.3 Å². The molecular formula is C21H22FN3O3S. The molecule has 2 aromatic carbocycles. The molecule has 2 amide bonds. The summed E-state index contributed by atoms with van der Waals surface area (Å²) in [5.41, 5.74) is 1.01. The predicted octanol–water partition coefficient (Wildman–Crippen LogP) is 4.20. The number of halogens is 1. The van der Waals surface area contributed by atoms with Gasteiger partial charge in [-0.2, -0.15) is 0 Å². The number of nitrogens with zero attached hydrogens (tertiary/aromatic N) is 2. The van der Waals surface area contributed by atoms with Crippen LogP contribution in [0, 0.1) is 5.82 Å². The average Bonchev–Trinajstić information content (AvgIpc) is 2.69. The van der Waals surface area contributed by atoms with E-state index in [0.717, 1.165) is 5.75 Å². The zero-order valence-electron chi connectivity index (χ0n) is 16.2. The van der Waals surface area contributed by atoms with Gasteiger partial charge >= 0.3 is 0 Å². The van der Waals surface area contributed by atoms with E-state index in [0.29, 0.717) is 29.7 Å². The maximum atomic E-state index is 13.5. The first-order valence-corrected chi connectivity index (χ1v) is 10.2. The highest BCUT2D eigenvalue weighted by molar-refractivity contribution is 8.15. The Labute approximate surface area is 173 Å². The van der Waals surface area contributed by atoms with Crippen molar-refractivity contribution >= 4 is 40.1 Å². The standard InChI is InChI=1S/C21H22FN3O3S/c1-3-25-19(26)13-18(29-21(25)24-16-7-5-6-14(22)12-16)20(27)23-15-8-10-17(11-9-15)28-4-2/h5-12,18H,3-4,13H2,1-2H3,(H,23,27)/t18-/m1/s1. The Morgan fingerprint density at radius 2 is 2.03 bits per heavy atom. The van der Waals surface area contributed by atoms with E-state index in [2.05, 4.69) is 10.3 Å². The number of ether oxygens (including phenoxy) is 1. The lowest BCUT2D eigenvalue weighted by Crippen LogP contribution is -2.45. The normalized spacial score (nSPS) is 18.0. The van der Waals surface area contributed by atoms with Crippen molar-refractivity contribution in [3.63, 3.8) is 0 Å². The molecule has 1 aliphatic heterocycles. The monoisotopic (exact) mass is 415 g/mol. The molecule has 1 saturated heterocycles. The summed E-state index contributed by atoms with van der Waals surface area (Å²) in [6.07, 6.45) is 0.0730. The van der Waals surface area contributed by atoms with E-state index in [1.54, 1.807) is 36.4 Å². The van der Waals surface area contributed by atoms with E-state index in [-0.39, 0.29) is 18.2 Å². The highest BCUT2D eigenvalue weighted by Crippen LogP contribution is 2.30. The summed E-state index contributed by atoms with van der Waals surface area (Å²) in [6.45, 7) is 4.72. The van der Waals surface area contributed by atoms with Crippen LogP contribution in [0.4, 0.5) is 15.8 Å². The molecule has 0 saturated carbocycles. The predicted molar refractivity (Wildman–Crippen MR) is 113 cm³/mol. The molecule has 0 spiro atoms. The minimum absolute atomic E-state index is 0.0730. The number of benzene rings is 2. The number of carbonyl (C=O) groups excluding carboxylic acids is 2. The number of hydrogen-bond acceptors (Lipinski definition) is 5.